The summed E-state index contributed by atoms with van der Waals surface area (Å²) in [7, 11) is 1.59. The van der Waals surface area contributed by atoms with Crippen LogP contribution in [-0.4, -0.2) is 24.4 Å². The van der Waals surface area contributed by atoms with E-state index in [9.17, 15) is 9.90 Å². The molecule has 0 spiro atoms. The molecule has 0 aromatic heterocycles. The number of aryl methyl sites for hydroxylation is 2. The van der Waals surface area contributed by atoms with Gasteiger partial charge in [-0.3, -0.25) is 5.43 Å². The molecular formula is C24H24N2O4. The van der Waals surface area contributed by atoms with E-state index in [1.807, 2.05) is 18.2 Å². The fraction of sp³-hybridized carbons (Fsp3) is 0.167. The minimum Gasteiger partial charge on any atom is -0.493 e. The summed E-state index contributed by atoms with van der Waals surface area (Å²) in [6.07, 6.45) is 1.59. The Balaban J connectivity index is 1.70. The molecule has 0 bridgehead atoms. The highest BCUT2D eigenvalue weighted by atomic mass is 16.5. The number of nitrogens with zero attached hydrogens (tertiary/aromatic N) is 1. The largest absolute Gasteiger partial charge is 0.493 e. The van der Waals surface area contributed by atoms with Crippen LogP contribution >= 0.6 is 0 Å². The van der Waals surface area contributed by atoms with Crippen molar-refractivity contribution in [1.82, 2.24) is 0 Å². The lowest BCUT2D eigenvalue weighted by molar-refractivity contribution is 0.0698. The van der Waals surface area contributed by atoms with E-state index in [0.29, 0.717) is 23.8 Å². The Hall–Kier alpha value is -3.80. The zero-order chi connectivity index (χ0) is 21.5. The first-order chi connectivity index (χ1) is 14.5. The van der Waals surface area contributed by atoms with E-state index in [1.54, 1.807) is 31.5 Å². The first kappa shape index (κ1) is 20.9. The van der Waals surface area contributed by atoms with E-state index >= 15 is 0 Å². The summed E-state index contributed by atoms with van der Waals surface area (Å²) in [5, 5.41) is 13.4. The number of carboxylic acid groups (broad SMARTS) is 1. The molecule has 0 amide bonds. The Morgan fingerprint density at radius 1 is 1.07 bits per heavy atom. The average Bonchev–Trinajstić information content (AvgIpc) is 2.75. The average molecular weight is 404 g/mol. The molecule has 6 heteroatoms. The topological polar surface area (TPSA) is 80.2 Å². The minimum absolute atomic E-state index is 0.155. The predicted molar refractivity (Wildman–Crippen MR) is 118 cm³/mol. The van der Waals surface area contributed by atoms with Crippen molar-refractivity contribution in [3.05, 3.63) is 88.5 Å². The Kier molecular flexibility index (Phi) is 6.70. The van der Waals surface area contributed by atoms with Crippen LogP contribution in [0.1, 0.15) is 32.6 Å². The van der Waals surface area contributed by atoms with Crippen LogP contribution in [0.3, 0.4) is 0 Å². The van der Waals surface area contributed by atoms with Crippen molar-refractivity contribution in [2.45, 2.75) is 20.5 Å². The number of hydrogen-bond acceptors (Lipinski definition) is 5. The van der Waals surface area contributed by atoms with Crippen molar-refractivity contribution >= 4 is 17.9 Å². The van der Waals surface area contributed by atoms with E-state index in [0.717, 1.165) is 11.1 Å². The van der Waals surface area contributed by atoms with E-state index in [1.165, 1.54) is 17.2 Å². The van der Waals surface area contributed by atoms with Crippen LogP contribution in [0.5, 0.6) is 11.5 Å². The van der Waals surface area contributed by atoms with Gasteiger partial charge in [0.05, 0.1) is 24.6 Å². The molecule has 30 heavy (non-hydrogen) atoms. The predicted octanol–water partition coefficient (Wildman–Crippen LogP) is 5.04. The molecule has 0 heterocycles. The van der Waals surface area contributed by atoms with Gasteiger partial charge in [0.1, 0.15) is 6.61 Å². The molecule has 2 N–H and O–H groups in total. The minimum atomic E-state index is -1.01. The monoisotopic (exact) mass is 404 g/mol. The Morgan fingerprint density at radius 3 is 2.63 bits per heavy atom. The molecule has 154 valence electrons. The number of benzene rings is 3. The van der Waals surface area contributed by atoms with Crippen LogP contribution in [0.25, 0.3) is 0 Å². The molecule has 0 unspecified atom stereocenters. The summed E-state index contributed by atoms with van der Waals surface area (Å²) in [6.45, 7) is 4.57. The quantitative estimate of drug-likeness (QED) is 0.406. The summed E-state index contributed by atoms with van der Waals surface area (Å²) in [5.41, 5.74) is 7.62. The second kappa shape index (κ2) is 9.60. The van der Waals surface area contributed by atoms with Gasteiger partial charge in [0.2, 0.25) is 0 Å². The van der Waals surface area contributed by atoms with Crippen molar-refractivity contribution in [2.24, 2.45) is 5.10 Å². The highest BCUT2D eigenvalue weighted by Crippen LogP contribution is 2.29. The number of nitrogens with one attached hydrogen (secondary N) is 1. The molecule has 0 aliphatic heterocycles. The van der Waals surface area contributed by atoms with Crippen LogP contribution in [0.15, 0.2) is 65.8 Å². The SMILES string of the molecule is COc1cc(C=NNc2ccccc2C(=O)O)ccc1OCc1cc(C)ccc1C. The van der Waals surface area contributed by atoms with E-state index in [-0.39, 0.29) is 5.56 Å². The van der Waals surface area contributed by atoms with Crippen LogP contribution in [0.4, 0.5) is 5.69 Å². The fourth-order valence-corrected chi connectivity index (χ4v) is 2.94. The smallest absolute Gasteiger partial charge is 0.337 e. The Labute approximate surface area is 175 Å². The second-order valence-corrected chi connectivity index (χ2v) is 6.85. The number of rotatable bonds is 8. The summed E-state index contributed by atoms with van der Waals surface area (Å²) in [4.78, 5) is 11.3. The maximum Gasteiger partial charge on any atom is 0.337 e. The van der Waals surface area contributed by atoms with Gasteiger partial charge in [-0.1, -0.05) is 35.9 Å². The molecule has 0 fully saturated rings. The molecule has 0 radical (unpaired) electrons. The van der Waals surface area contributed by atoms with Gasteiger partial charge in [-0.2, -0.15) is 5.10 Å². The second-order valence-electron chi connectivity index (χ2n) is 6.85. The van der Waals surface area contributed by atoms with Crippen molar-refractivity contribution in [3.63, 3.8) is 0 Å². The Bertz CT molecular complexity index is 1080. The lowest BCUT2D eigenvalue weighted by Gasteiger charge is -2.13. The normalized spacial score (nSPS) is 10.8. The number of aromatic carboxylic acids is 1. The van der Waals surface area contributed by atoms with Gasteiger partial charge >= 0.3 is 5.97 Å². The third-order valence-electron chi connectivity index (χ3n) is 4.63. The maximum atomic E-state index is 11.3. The third kappa shape index (κ3) is 5.17. The molecule has 3 rings (SSSR count). The van der Waals surface area contributed by atoms with Crippen LogP contribution < -0.4 is 14.9 Å². The molecular weight excluding hydrogens is 380 g/mol. The molecule has 0 aliphatic carbocycles. The van der Waals surface area contributed by atoms with Gasteiger partial charge in [0.15, 0.2) is 11.5 Å². The standard InChI is InChI=1S/C24H24N2O4/c1-16-8-9-17(2)19(12-16)15-30-22-11-10-18(13-23(22)29-3)14-25-26-21-7-5-4-6-20(21)24(27)28/h4-14,26H,15H2,1-3H3,(H,27,28). The summed E-state index contributed by atoms with van der Waals surface area (Å²) >= 11 is 0. The molecule has 3 aromatic rings. The Morgan fingerprint density at radius 2 is 1.87 bits per heavy atom. The number of methoxy groups -OCH3 is 1. The lowest BCUT2D eigenvalue weighted by Crippen LogP contribution is -2.02. The van der Waals surface area contributed by atoms with Crippen LogP contribution in [0.2, 0.25) is 0 Å². The summed E-state index contributed by atoms with van der Waals surface area (Å²) in [5.74, 6) is 0.218. The zero-order valence-electron chi connectivity index (χ0n) is 17.2. The fourth-order valence-electron chi connectivity index (χ4n) is 2.94. The summed E-state index contributed by atoms with van der Waals surface area (Å²) in [6, 6.07) is 18.4. The molecule has 6 nitrogen and oxygen atoms in total. The molecule has 0 saturated carbocycles. The first-order valence-electron chi connectivity index (χ1n) is 9.46. The van der Waals surface area contributed by atoms with E-state index in [2.05, 4.69) is 42.6 Å². The van der Waals surface area contributed by atoms with E-state index in [4.69, 9.17) is 9.47 Å². The molecule has 0 atom stereocenters. The lowest BCUT2D eigenvalue weighted by atomic mass is 10.1. The summed E-state index contributed by atoms with van der Waals surface area (Å²) < 4.78 is 11.4. The zero-order valence-corrected chi connectivity index (χ0v) is 17.2. The molecule has 3 aromatic carbocycles. The number of hydrazone groups is 1. The third-order valence-corrected chi connectivity index (χ3v) is 4.63. The van der Waals surface area contributed by atoms with Gasteiger partial charge in [0, 0.05) is 0 Å². The highest BCUT2D eigenvalue weighted by molar-refractivity contribution is 5.94. The van der Waals surface area contributed by atoms with Crippen molar-refractivity contribution in [3.8, 4) is 11.5 Å². The van der Waals surface area contributed by atoms with Gasteiger partial charge in [-0.05, 0) is 60.9 Å². The maximum absolute atomic E-state index is 11.3. The first-order valence-corrected chi connectivity index (χ1v) is 9.46. The number of carboxylic acids is 1. The highest BCUT2D eigenvalue weighted by Gasteiger charge is 2.09. The van der Waals surface area contributed by atoms with Gasteiger partial charge in [-0.15, -0.1) is 0 Å². The van der Waals surface area contributed by atoms with Crippen molar-refractivity contribution < 1.29 is 19.4 Å². The van der Waals surface area contributed by atoms with Gasteiger partial charge in [0.25, 0.3) is 0 Å². The number of anilines is 1. The number of ether oxygens (including phenoxy) is 2. The van der Waals surface area contributed by atoms with E-state index < -0.39 is 5.97 Å². The van der Waals surface area contributed by atoms with Crippen LogP contribution in [-0.2, 0) is 6.61 Å². The number of para-hydroxylation sites is 1. The van der Waals surface area contributed by atoms with Crippen LogP contribution in [0, 0.1) is 13.8 Å². The number of carbonyl (C=O) groups is 1. The van der Waals surface area contributed by atoms with Crippen molar-refractivity contribution in [2.75, 3.05) is 12.5 Å². The van der Waals surface area contributed by atoms with Gasteiger partial charge in [-0.25, -0.2) is 4.79 Å². The molecule has 0 saturated heterocycles. The number of hydrogen-bond donors (Lipinski definition) is 2. The van der Waals surface area contributed by atoms with Gasteiger partial charge < -0.3 is 14.6 Å². The molecule has 0 aliphatic rings. The van der Waals surface area contributed by atoms with Crippen molar-refractivity contribution in [1.29, 1.82) is 0 Å².